The van der Waals surface area contributed by atoms with E-state index in [9.17, 15) is 10.5 Å². The first kappa shape index (κ1) is 17.3. The molecule has 0 fully saturated rings. The zero-order valence-corrected chi connectivity index (χ0v) is 15.3. The van der Waals surface area contributed by atoms with Gasteiger partial charge in [0.2, 0.25) is 12.4 Å². The fourth-order valence-electron chi connectivity index (χ4n) is 3.41. The zero-order chi connectivity index (χ0) is 20.5. The van der Waals surface area contributed by atoms with E-state index < -0.39 is 0 Å². The molecule has 0 unspecified atom stereocenters. The highest BCUT2D eigenvalue weighted by Gasteiger charge is 2.32. The van der Waals surface area contributed by atoms with E-state index in [0.29, 0.717) is 56.8 Å². The highest BCUT2D eigenvalue weighted by atomic mass is 16.3. The molecule has 30 heavy (non-hydrogen) atoms. The molecular weight excluding hydrogens is 380 g/mol. The predicted molar refractivity (Wildman–Crippen MR) is 106 cm³/mol. The van der Waals surface area contributed by atoms with E-state index in [1.165, 1.54) is 12.5 Å². The summed E-state index contributed by atoms with van der Waals surface area (Å²) in [6, 6.07) is 14.2. The van der Waals surface area contributed by atoms with Gasteiger partial charge in [-0.15, -0.1) is 0 Å². The molecule has 0 saturated carbocycles. The van der Waals surface area contributed by atoms with Crippen molar-refractivity contribution in [3.63, 3.8) is 0 Å². The van der Waals surface area contributed by atoms with Gasteiger partial charge in [0.25, 0.3) is 0 Å². The number of fused-ring (bicyclic) bond motifs is 2. The van der Waals surface area contributed by atoms with E-state index >= 15 is 0 Å². The van der Waals surface area contributed by atoms with Crippen molar-refractivity contribution in [1.82, 2.24) is 9.97 Å². The lowest BCUT2D eigenvalue weighted by molar-refractivity contribution is 0.571. The molecule has 0 atom stereocenters. The van der Waals surface area contributed by atoms with Crippen LogP contribution in [0, 0.1) is 22.9 Å². The monoisotopic (exact) mass is 390 g/mol. The van der Waals surface area contributed by atoms with Gasteiger partial charge in [0.05, 0.1) is 12.5 Å². The first-order chi connectivity index (χ1) is 14.8. The minimum Gasteiger partial charge on any atom is -0.463 e. The summed E-state index contributed by atoms with van der Waals surface area (Å²) < 4.78 is 11.1. The Hall–Kier alpha value is -4.82. The van der Waals surface area contributed by atoms with Crippen LogP contribution in [0.25, 0.3) is 22.9 Å². The van der Waals surface area contributed by atoms with Crippen molar-refractivity contribution in [3.05, 3.63) is 83.6 Å². The minimum absolute atomic E-state index is 0.339. The van der Waals surface area contributed by atoms with Crippen molar-refractivity contribution < 1.29 is 8.83 Å². The molecule has 1 aliphatic carbocycles. The van der Waals surface area contributed by atoms with Crippen LogP contribution in [0.4, 0.5) is 0 Å². The van der Waals surface area contributed by atoms with E-state index in [4.69, 9.17) is 18.8 Å². The van der Waals surface area contributed by atoms with Gasteiger partial charge in [-0.05, 0) is 24.3 Å². The molecule has 3 heterocycles. The molecule has 140 valence electrons. The molecule has 0 aliphatic heterocycles. The second-order valence-corrected chi connectivity index (χ2v) is 6.24. The summed E-state index contributed by atoms with van der Waals surface area (Å²) in [5.74, 6) is 0.955. The normalized spacial score (nSPS) is 14.7. The summed E-state index contributed by atoms with van der Waals surface area (Å²) in [5, 5.41) is 18.6. The Bertz CT molecular complexity index is 1290. The maximum absolute atomic E-state index is 9.30. The molecule has 0 bridgehead atoms. The summed E-state index contributed by atoms with van der Waals surface area (Å²) in [6.45, 7) is 0. The lowest BCUT2D eigenvalue weighted by atomic mass is 9.88. The molecule has 0 saturated heterocycles. The molecule has 4 aromatic rings. The van der Waals surface area contributed by atoms with E-state index in [1.807, 2.05) is 24.5 Å². The summed E-state index contributed by atoms with van der Waals surface area (Å²) in [7, 11) is 0. The van der Waals surface area contributed by atoms with Crippen LogP contribution in [0.5, 0.6) is 0 Å². The van der Waals surface area contributed by atoms with Gasteiger partial charge in [-0.1, -0.05) is 24.3 Å². The number of rotatable bonds is 2. The van der Waals surface area contributed by atoms with Gasteiger partial charge in [0.15, 0.2) is 11.5 Å². The Kier molecular flexibility index (Phi) is 4.02. The van der Waals surface area contributed by atoms with Crippen LogP contribution in [0.2, 0.25) is 0 Å². The van der Waals surface area contributed by atoms with Crippen LogP contribution in [-0.4, -0.2) is 21.4 Å². The lowest BCUT2D eigenvalue weighted by Gasteiger charge is -2.21. The van der Waals surface area contributed by atoms with E-state index in [-0.39, 0.29) is 0 Å². The topological polar surface area (TPSA) is 124 Å². The first-order valence-corrected chi connectivity index (χ1v) is 8.85. The van der Waals surface area contributed by atoms with E-state index in [1.54, 1.807) is 36.4 Å². The average Bonchev–Trinajstić information content (AvgIpc) is 3.49. The molecule has 0 radical (unpaired) electrons. The Morgan fingerprint density at radius 1 is 0.633 bits per heavy atom. The SMILES string of the molecule is N#C/N=C1/c2ccccc2/C(=N\C#N)c2nc(-c3ccco3)c(-c3ccco3)nc21. The molecule has 0 amide bonds. The highest BCUT2D eigenvalue weighted by Crippen LogP contribution is 2.34. The summed E-state index contributed by atoms with van der Waals surface area (Å²) in [5.41, 5.74) is 3.52. The van der Waals surface area contributed by atoms with Gasteiger partial charge in [0.1, 0.15) is 34.2 Å². The second kappa shape index (κ2) is 6.97. The number of benzene rings is 1. The van der Waals surface area contributed by atoms with Crippen molar-refractivity contribution in [2.24, 2.45) is 9.98 Å². The highest BCUT2D eigenvalue weighted by molar-refractivity contribution is 6.30. The molecule has 8 nitrogen and oxygen atoms in total. The van der Waals surface area contributed by atoms with Crippen molar-refractivity contribution in [2.45, 2.75) is 0 Å². The Morgan fingerprint density at radius 2 is 1.10 bits per heavy atom. The number of aromatic nitrogens is 2. The minimum atomic E-state index is 0.339. The van der Waals surface area contributed by atoms with Crippen molar-refractivity contribution in [2.75, 3.05) is 0 Å². The third-order valence-corrected chi connectivity index (χ3v) is 4.61. The molecule has 1 aliphatic rings. The van der Waals surface area contributed by atoms with Gasteiger partial charge in [-0.3, -0.25) is 0 Å². The smallest absolute Gasteiger partial charge is 0.206 e. The summed E-state index contributed by atoms with van der Waals surface area (Å²) >= 11 is 0. The summed E-state index contributed by atoms with van der Waals surface area (Å²) in [6.07, 6.45) is 6.74. The predicted octanol–water partition coefficient (Wildman–Crippen LogP) is 3.95. The quantitative estimate of drug-likeness (QED) is 0.420. The van der Waals surface area contributed by atoms with Crippen LogP contribution in [0.1, 0.15) is 22.5 Å². The number of aliphatic imine (C=N–C) groups is 2. The number of hydrogen-bond donors (Lipinski definition) is 0. The number of nitrogens with zero attached hydrogens (tertiary/aromatic N) is 6. The van der Waals surface area contributed by atoms with Crippen molar-refractivity contribution >= 4 is 11.4 Å². The van der Waals surface area contributed by atoms with Crippen molar-refractivity contribution in [1.29, 1.82) is 10.5 Å². The van der Waals surface area contributed by atoms with Gasteiger partial charge in [-0.25, -0.2) is 9.97 Å². The van der Waals surface area contributed by atoms with Crippen LogP contribution < -0.4 is 0 Å². The fourth-order valence-corrected chi connectivity index (χ4v) is 3.41. The maximum atomic E-state index is 9.30. The van der Waals surface area contributed by atoms with Crippen LogP contribution >= 0.6 is 0 Å². The van der Waals surface area contributed by atoms with Crippen LogP contribution in [0.3, 0.4) is 0 Å². The van der Waals surface area contributed by atoms with Crippen LogP contribution in [-0.2, 0) is 0 Å². The lowest BCUT2D eigenvalue weighted by Crippen LogP contribution is -2.25. The van der Waals surface area contributed by atoms with E-state index in [2.05, 4.69) is 9.98 Å². The zero-order valence-electron chi connectivity index (χ0n) is 15.3. The molecule has 0 N–H and O–H groups in total. The van der Waals surface area contributed by atoms with Gasteiger partial charge in [0, 0.05) is 11.1 Å². The van der Waals surface area contributed by atoms with Crippen LogP contribution in [0.15, 0.2) is 79.9 Å². The standard InChI is InChI=1S/C22H10N6O2/c23-11-25-17-13-5-1-2-6-14(13)18(26-12-24)22-21(17)27-19(15-7-3-9-29-15)20(28-22)16-8-4-10-30-16/h1-10H/b25-17-,26-18+. The molecule has 8 heteroatoms. The largest absolute Gasteiger partial charge is 0.463 e. The van der Waals surface area contributed by atoms with Crippen molar-refractivity contribution in [3.8, 4) is 35.3 Å². The number of furan rings is 2. The number of hydrogen-bond acceptors (Lipinski definition) is 8. The third-order valence-electron chi connectivity index (χ3n) is 4.61. The van der Waals surface area contributed by atoms with Gasteiger partial charge in [-0.2, -0.15) is 20.5 Å². The third kappa shape index (κ3) is 2.60. The molecule has 1 aromatic carbocycles. The maximum Gasteiger partial charge on any atom is 0.206 e. The first-order valence-electron chi connectivity index (χ1n) is 8.85. The van der Waals surface area contributed by atoms with E-state index in [0.717, 1.165) is 0 Å². The van der Waals surface area contributed by atoms with Gasteiger partial charge < -0.3 is 8.83 Å². The number of nitriles is 2. The average molecular weight is 390 g/mol. The molecule has 3 aromatic heterocycles. The molecule has 0 spiro atoms. The van der Waals surface area contributed by atoms with Gasteiger partial charge >= 0.3 is 0 Å². The second-order valence-electron chi connectivity index (χ2n) is 6.24. The fraction of sp³-hybridized carbons (Fsp3) is 0. The Labute approximate surface area is 170 Å². The Morgan fingerprint density at radius 3 is 1.47 bits per heavy atom. The summed E-state index contributed by atoms with van der Waals surface area (Å²) in [4.78, 5) is 17.5. The molecule has 5 rings (SSSR count). The molecular formula is C22H10N6O2. The Balaban J connectivity index is 1.90.